The average molecular weight is 224 g/mol. The van der Waals surface area contributed by atoms with Crippen LogP contribution in [0.4, 0.5) is 0 Å². The van der Waals surface area contributed by atoms with Crippen LogP contribution in [-0.2, 0) is 4.74 Å². The highest BCUT2D eigenvalue weighted by molar-refractivity contribution is 5.02. The van der Waals surface area contributed by atoms with Gasteiger partial charge in [-0.25, -0.2) is 0 Å². The van der Waals surface area contributed by atoms with Gasteiger partial charge in [0, 0.05) is 6.61 Å². The lowest BCUT2D eigenvalue weighted by atomic mass is 9.83. The Labute approximate surface area is 101 Å². The van der Waals surface area contributed by atoms with Crippen molar-refractivity contribution in [3.63, 3.8) is 0 Å². The molecule has 2 rings (SSSR count). The number of ether oxygens (including phenoxy) is 1. The molecule has 0 aromatic heterocycles. The summed E-state index contributed by atoms with van der Waals surface area (Å²) in [5.41, 5.74) is 0.750. The largest absolute Gasteiger partial charge is 0.378 e. The molecule has 4 unspecified atom stereocenters. The summed E-state index contributed by atoms with van der Waals surface area (Å²) in [5.74, 6) is 2.65. The first-order valence-electron chi connectivity index (χ1n) is 7.11. The first kappa shape index (κ1) is 12.4. The van der Waals surface area contributed by atoms with Gasteiger partial charge < -0.3 is 4.74 Å². The summed E-state index contributed by atoms with van der Waals surface area (Å²) in [6.07, 6.45) is 7.43. The van der Waals surface area contributed by atoms with Crippen LogP contribution in [0.3, 0.4) is 0 Å². The number of fused-ring (bicyclic) bond motifs is 1. The van der Waals surface area contributed by atoms with Gasteiger partial charge in [-0.2, -0.15) is 0 Å². The second-order valence-corrected chi connectivity index (χ2v) is 6.97. The Kier molecular flexibility index (Phi) is 3.63. The standard InChI is InChI=1S/C15H28O/c1-11(2)7-12(3)16-10-13-5-6-15(4)9-14(15)8-13/h11-14H,5-10H2,1-4H3. The van der Waals surface area contributed by atoms with Crippen molar-refractivity contribution in [3.8, 4) is 0 Å². The highest BCUT2D eigenvalue weighted by Gasteiger charge is 2.52. The highest BCUT2D eigenvalue weighted by Crippen LogP contribution is 2.62. The molecule has 2 aliphatic carbocycles. The van der Waals surface area contributed by atoms with Crippen LogP contribution in [0.1, 0.15) is 59.8 Å². The predicted molar refractivity (Wildman–Crippen MR) is 68.4 cm³/mol. The summed E-state index contributed by atoms with van der Waals surface area (Å²) in [6, 6.07) is 0. The first-order valence-corrected chi connectivity index (χ1v) is 7.11. The Hall–Kier alpha value is -0.0400. The van der Waals surface area contributed by atoms with E-state index in [0.717, 1.165) is 29.8 Å². The molecule has 2 aliphatic rings. The minimum atomic E-state index is 0.451. The van der Waals surface area contributed by atoms with Crippen LogP contribution < -0.4 is 0 Å². The number of hydrogen-bond acceptors (Lipinski definition) is 1. The Morgan fingerprint density at radius 2 is 2.06 bits per heavy atom. The van der Waals surface area contributed by atoms with Crippen molar-refractivity contribution in [2.75, 3.05) is 6.61 Å². The fourth-order valence-corrected chi connectivity index (χ4v) is 3.42. The van der Waals surface area contributed by atoms with Crippen molar-refractivity contribution in [2.24, 2.45) is 23.2 Å². The maximum atomic E-state index is 5.99. The molecular formula is C15H28O. The van der Waals surface area contributed by atoms with Crippen LogP contribution in [0.2, 0.25) is 0 Å². The second-order valence-electron chi connectivity index (χ2n) is 6.97. The topological polar surface area (TPSA) is 9.23 Å². The summed E-state index contributed by atoms with van der Waals surface area (Å²) >= 11 is 0. The quantitative estimate of drug-likeness (QED) is 0.678. The average Bonchev–Trinajstić information content (AvgIpc) is 2.84. The third-order valence-corrected chi connectivity index (χ3v) is 4.70. The summed E-state index contributed by atoms with van der Waals surface area (Å²) < 4.78 is 5.99. The summed E-state index contributed by atoms with van der Waals surface area (Å²) in [7, 11) is 0. The smallest absolute Gasteiger partial charge is 0.0549 e. The van der Waals surface area contributed by atoms with Gasteiger partial charge in [-0.3, -0.25) is 0 Å². The van der Waals surface area contributed by atoms with Gasteiger partial charge >= 0.3 is 0 Å². The maximum Gasteiger partial charge on any atom is 0.0549 e. The van der Waals surface area contributed by atoms with E-state index in [1.807, 2.05) is 0 Å². The molecule has 0 bridgehead atoms. The third kappa shape index (κ3) is 3.00. The first-order chi connectivity index (χ1) is 7.49. The Morgan fingerprint density at radius 1 is 1.31 bits per heavy atom. The van der Waals surface area contributed by atoms with Gasteiger partial charge in [0.1, 0.15) is 0 Å². The van der Waals surface area contributed by atoms with Gasteiger partial charge in [-0.15, -0.1) is 0 Å². The van der Waals surface area contributed by atoms with E-state index in [4.69, 9.17) is 4.74 Å². The third-order valence-electron chi connectivity index (χ3n) is 4.70. The number of rotatable bonds is 5. The molecule has 0 N–H and O–H groups in total. The lowest BCUT2D eigenvalue weighted by Gasteiger charge is -2.27. The molecule has 0 amide bonds. The van der Waals surface area contributed by atoms with Crippen molar-refractivity contribution in [1.29, 1.82) is 0 Å². The Bertz CT molecular complexity index is 236. The molecule has 0 aromatic rings. The predicted octanol–water partition coefficient (Wildman–Crippen LogP) is 4.26. The van der Waals surface area contributed by atoms with Crippen LogP contribution in [0.25, 0.3) is 0 Å². The van der Waals surface area contributed by atoms with Gasteiger partial charge in [-0.1, -0.05) is 20.8 Å². The van der Waals surface area contributed by atoms with E-state index in [0.29, 0.717) is 6.10 Å². The van der Waals surface area contributed by atoms with E-state index in [1.165, 1.54) is 32.1 Å². The zero-order chi connectivity index (χ0) is 11.8. The van der Waals surface area contributed by atoms with Crippen LogP contribution in [-0.4, -0.2) is 12.7 Å². The molecule has 0 saturated heterocycles. The van der Waals surface area contributed by atoms with E-state index in [1.54, 1.807) is 0 Å². The summed E-state index contributed by atoms with van der Waals surface area (Å²) in [4.78, 5) is 0. The molecule has 2 saturated carbocycles. The highest BCUT2D eigenvalue weighted by atomic mass is 16.5. The minimum Gasteiger partial charge on any atom is -0.378 e. The summed E-state index contributed by atoms with van der Waals surface area (Å²) in [6.45, 7) is 10.3. The van der Waals surface area contributed by atoms with E-state index >= 15 is 0 Å². The molecule has 0 heterocycles. The summed E-state index contributed by atoms with van der Waals surface area (Å²) in [5, 5.41) is 0. The minimum absolute atomic E-state index is 0.451. The molecule has 0 aromatic carbocycles. The van der Waals surface area contributed by atoms with E-state index < -0.39 is 0 Å². The van der Waals surface area contributed by atoms with Crippen molar-refractivity contribution in [2.45, 2.75) is 65.9 Å². The monoisotopic (exact) mass is 224 g/mol. The van der Waals surface area contributed by atoms with E-state index in [9.17, 15) is 0 Å². The molecule has 1 heteroatoms. The molecule has 94 valence electrons. The van der Waals surface area contributed by atoms with E-state index in [2.05, 4.69) is 27.7 Å². The van der Waals surface area contributed by atoms with Gasteiger partial charge in [-0.05, 0) is 62.2 Å². The normalized spacial score (nSPS) is 39.6. The molecule has 4 atom stereocenters. The van der Waals surface area contributed by atoms with Crippen molar-refractivity contribution < 1.29 is 4.74 Å². The van der Waals surface area contributed by atoms with Gasteiger partial charge in [0.25, 0.3) is 0 Å². The molecule has 0 radical (unpaired) electrons. The second kappa shape index (κ2) is 4.68. The van der Waals surface area contributed by atoms with E-state index in [-0.39, 0.29) is 0 Å². The van der Waals surface area contributed by atoms with Crippen molar-refractivity contribution >= 4 is 0 Å². The van der Waals surface area contributed by atoms with Gasteiger partial charge in [0.2, 0.25) is 0 Å². The lowest BCUT2D eigenvalue weighted by molar-refractivity contribution is 0.0166. The Morgan fingerprint density at radius 3 is 2.69 bits per heavy atom. The van der Waals surface area contributed by atoms with Crippen LogP contribution in [0.5, 0.6) is 0 Å². The molecule has 2 fully saturated rings. The fourth-order valence-electron chi connectivity index (χ4n) is 3.42. The number of hydrogen-bond donors (Lipinski definition) is 0. The molecular weight excluding hydrogens is 196 g/mol. The van der Waals surface area contributed by atoms with Gasteiger partial charge in [0.05, 0.1) is 6.10 Å². The van der Waals surface area contributed by atoms with Crippen LogP contribution in [0, 0.1) is 23.2 Å². The maximum absolute atomic E-state index is 5.99. The molecule has 0 spiro atoms. The fraction of sp³-hybridized carbons (Fsp3) is 1.00. The molecule has 16 heavy (non-hydrogen) atoms. The SMILES string of the molecule is CC(C)CC(C)OCC1CCC2(C)CC2C1. The van der Waals surface area contributed by atoms with Crippen LogP contribution >= 0.6 is 0 Å². The lowest BCUT2D eigenvalue weighted by Crippen LogP contribution is -2.22. The van der Waals surface area contributed by atoms with Gasteiger partial charge in [0.15, 0.2) is 0 Å². The zero-order valence-corrected chi connectivity index (χ0v) is 11.5. The zero-order valence-electron chi connectivity index (χ0n) is 11.5. The molecule has 0 aliphatic heterocycles. The van der Waals surface area contributed by atoms with Crippen molar-refractivity contribution in [1.82, 2.24) is 0 Å². The Balaban J connectivity index is 1.64. The van der Waals surface area contributed by atoms with Crippen molar-refractivity contribution in [3.05, 3.63) is 0 Å². The van der Waals surface area contributed by atoms with Crippen LogP contribution in [0.15, 0.2) is 0 Å². The molecule has 1 nitrogen and oxygen atoms in total.